The van der Waals surface area contributed by atoms with Crippen molar-refractivity contribution >= 4 is 36.5 Å². The molecule has 8 N–H and O–H groups in total. The Balaban J connectivity index is 0.000000232. The number of esters is 1. The number of aliphatic hydroxyl groups excluding tert-OH is 2. The molecule has 0 aliphatic carbocycles. The molecule has 1 aliphatic heterocycles. The molecule has 3 aromatic rings. The lowest BCUT2D eigenvalue weighted by atomic mass is 10.1. The number of aliphatic hydroxyl groups is 2. The normalized spacial score (nSPS) is 20.9. The number of benzene rings is 1. The SMILES string of the molecule is CCN(CC)CCOC(=O)c1ccc(N)cc1.Nc1ncnc2c1ncn2[C@@H]1O[C@H](COP(=O)(O)O)[C@@H](O)[C@H]1O. The van der Waals surface area contributed by atoms with Crippen molar-refractivity contribution in [1.82, 2.24) is 24.4 Å². The lowest BCUT2D eigenvalue weighted by Crippen LogP contribution is -2.33. The molecule has 4 atom stereocenters. The average Bonchev–Trinajstić information content (AvgIpc) is 3.47. The summed E-state index contributed by atoms with van der Waals surface area (Å²) in [7, 11) is -4.72. The molecule has 4 rings (SSSR count). The molecule has 3 heterocycles. The van der Waals surface area contributed by atoms with Gasteiger partial charge < -0.3 is 45.8 Å². The van der Waals surface area contributed by atoms with Gasteiger partial charge in [-0.1, -0.05) is 13.8 Å². The minimum Gasteiger partial charge on any atom is -0.461 e. The van der Waals surface area contributed by atoms with Gasteiger partial charge in [-0.05, 0) is 37.4 Å². The van der Waals surface area contributed by atoms with E-state index in [1.54, 1.807) is 24.3 Å². The van der Waals surface area contributed by atoms with E-state index in [-0.39, 0.29) is 17.4 Å². The fourth-order valence-corrected chi connectivity index (χ4v) is 4.17. The fourth-order valence-electron chi connectivity index (χ4n) is 3.83. The third kappa shape index (κ3) is 8.16. The van der Waals surface area contributed by atoms with Gasteiger partial charge in [-0.3, -0.25) is 9.09 Å². The van der Waals surface area contributed by atoms with Crippen LogP contribution in [0.5, 0.6) is 0 Å². The van der Waals surface area contributed by atoms with Crippen LogP contribution in [-0.2, 0) is 18.6 Å². The molecule has 0 saturated carbocycles. The van der Waals surface area contributed by atoms with E-state index in [0.29, 0.717) is 23.4 Å². The van der Waals surface area contributed by atoms with Crippen molar-refractivity contribution < 1.29 is 43.4 Å². The predicted molar refractivity (Wildman–Crippen MR) is 143 cm³/mol. The van der Waals surface area contributed by atoms with Crippen molar-refractivity contribution in [2.24, 2.45) is 0 Å². The Bertz CT molecular complexity index is 1300. The molecule has 1 aromatic carbocycles. The first-order valence-electron chi connectivity index (χ1n) is 12.3. The number of phosphoric ester groups is 1. The van der Waals surface area contributed by atoms with Gasteiger partial charge in [-0.25, -0.2) is 24.3 Å². The second-order valence-electron chi connectivity index (χ2n) is 8.70. The second-order valence-corrected chi connectivity index (χ2v) is 9.94. The fraction of sp³-hybridized carbons (Fsp3) is 0.478. The average molecular weight is 584 g/mol. The molecule has 40 heavy (non-hydrogen) atoms. The van der Waals surface area contributed by atoms with E-state index in [2.05, 4.69) is 38.2 Å². The molecule has 220 valence electrons. The molecule has 0 unspecified atom stereocenters. The third-order valence-electron chi connectivity index (χ3n) is 6.09. The maximum Gasteiger partial charge on any atom is 0.469 e. The first-order chi connectivity index (χ1) is 18.9. The third-order valence-corrected chi connectivity index (χ3v) is 6.57. The highest BCUT2D eigenvalue weighted by atomic mass is 31.2. The zero-order valence-electron chi connectivity index (χ0n) is 22.0. The van der Waals surface area contributed by atoms with E-state index in [1.165, 1.54) is 17.2 Å². The topological polar surface area (TPSA) is 242 Å². The van der Waals surface area contributed by atoms with Gasteiger partial charge in [0.25, 0.3) is 0 Å². The van der Waals surface area contributed by atoms with Crippen LogP contribution >= 0.6 is 7.82 Å². The number of imidazole rings is 1. The van der Waals surface area contributed by atoms with Crippen LogP contribution in [0.3, 0.4) is 0 Å². The van der Waals surface area contributed by atoms with Gasteiger partial charge in [0, 0.05) is 12.2 Å². The molecule has 2 aromatic heterocycles. The molecule has 1 fully saturated rings. The minimum atomic E-state index is -4.72. The lowest BCUT2D eigenvalue weighted by molar-refractivity contribution is -0.0504. The molecule has 0 radical (unpaired) electrons. The Morgan fingerprint density at radius 3 is 2.40 bits per heavy atom. The smallest absolute Gasteiger partial charge is 0.461 e. The van der Waals surface area contributed by atoms with E-state index in [1.807, 2.05) is 0 Å². The summed E-state index contributed by atoms with van der Waals surface area (Å²) in [6, 6.07) is 6.74. The monoisotopic (exact) mass is 583 g/mol. The highest BCUT2D eigenvalue weighted by Crippen LogP contribution is 2.38. The zero-order chi connectivity index (χ0) is 29.4. The maximum atomic E-state index is 11.6. The molecule has 16 nitrogen and oxygen atoms in total. The van der Waals surface area contributed by atoms with Crippen LogP contribution in [0.25, 0.3) is 11.2 Å². The molecular weight excluding hydrogens is 549 g/mol. The number of hydrogen-bond donors (Lipinski definition) is 6. The molecule has 0 spiro atoms. The van der Waals surface area contributed by atoms with E-state index >= 15 is 0 Å². The lowest BCUT2D eigenvalue weighted by Gasteiger charge is -2.17. The van der Waals surface area contributed by atoms with Gasteiger partial charge in [0.1, 0.15) is 36.8 Å². The Kier molecular flexibility index (Phi) is 10.9. The Morgan fingerprint density at radius 2 is 1.77 bits per heavy atom. The van der Waals surface area contributed by atoms with Crippen LogP contribution in [0.4, 0.5) is 11.5 Å². The van der Waals surface area contributed by atoms with Crippen molar-refractivity contribution in [2.75, 3.05) is 44.3 Å². The first kappa shape index (κ1) is 31.3. The number of hydrogen-bond acceptors (Lipinski definition) is 13. The number of ether oxygens (including phenoxy) is 2. The van der Waals surface area contributed by atoms with Gasteiger partial charge in [-0.2, -0.15) is 0 Å². The van der Waals surface area contributed by atoms with Crippen molar-refractivity contribution in [2.45, 2.75) is 38.4 Å². The minimum absolute atomic E-state index is 0.142. The number of likely N-dealkylation sites (N-methyl/N-ethyl adjacent to an activating group) is 1. The highest BCUT2D eigenvalue weighted by molar-refractivity contribution is 7.46. The zero-order valence-corrected chi connectivity index (χ0v) is 22.9. The van der Waals surface area contributed by atoms with E-state index < -0.39 is 39.0 Å². The summed E-state index contributed by atoms with van der Waals surface area (Å²) in [4.78, 5) is 43.0. The highest BCUT2D eigenvalue weighted by Gasteiger charge is 2.45. The predicted octanol–water partition coefficient (Wildman–Crippen LogP) is -0.0956. The number of nitrogens with two attached hydrogens (primary N) is 2. The summed E-state index contributed by atoms with van der Waals surface area (Å²) >= 11 is 0. The van der Waals surface area contributed by atoms with Crippen LogP contribution in [-0.4, -0.2) is 102 Å². The first-order valence-corrected chi connectivity index (χ1v) is 13.9. The van der Waals surface area contributed by atoms with Crippen LogP contribution in [0.15, 0.2) is 36.9 Å². The Labute approximate surface area is 229 Å². The van der Waals surface area contributed by atoms with Gasteiger partial charge in [0.15, 0.2) is 17.7 Å². The number of rotatable bonds is 10. The number of carbonyl (C=O) groups is 1. The van der Waals surface area contributed by atoms with Gasteiger partial charge >= 0.3 is 13.8 Å². The number of fused-ring (bicyclic) bond motifs is 1. The quantitative estimate of drug-likeness (QED) is 0.104. The summed E-state index contributed by atoms with van der Waals surface area (Å²) in [6.07, 6.45) is -2.49. The van der Waals surface area contributed by atoms with Crippen molar-refractivity contribution in [3.63, 3.8) is 0 Å². The van der Waals surface area contributed by atoms with Crippen molar-refractivity contribution in [1.29, 1.82) is 0 Å². The second kappa shape index (κ2) is 13.9. The van der Waals surface area contributed by atoms with Gasteiger partial charge in [0.2, 0.25) is 0 Å². The summed E-state index contributed by atoms with van der Waals surface area (Å²) in [5.41, 5.74) is 13.0. The summed E-state index contributed by atoms with van der Waals surface area (Å²) in [5.74, 6) is -0.152. The Morgan fingerprint density at radius 1 is 1.10 bits per heavy atom. The molecule has 0 bridgehead atoms. The van der Waals surface area contributed by atoms with E-state index in [9.17, 15) is 19.6 Å². The molecule has 17 heteroatoms. The summed E-state index contributed by atoms with van der Waals surface area (Å²) in [5, 5.41) is 20.1. The van der Waals surface area contributed by atoms with Gasteiger partial charge in [0.05, 0.1) is 18.5 Å². The molecular formula is C23H34N7O9P. The van der Waals surface area contributed by atoms with Crippen LogP contribution in [0.2, 0.25) is 0 Å². The van der Waals surface area contributed by atoms with Crippen LogP contribution in [0.1, 0.15) is 30.4 Å². The van der Waals surface area contributed by atoms with Crippen molar-refractivity contribution in [3.8, 4) is 0 Å². The van der Waals surface area contributed by atoms with Crippen molar-refractivity contribution in [3.05, 3.63) is 42.5 Å². The largest absolute Gasteiger partial charge is 0.469 e. The van der Waals surface area contributed by atoms with Crippen LogP contribution < -0.4 is 11.5 Å². The van der Waals surface area contributed by atoms with E-state index in [4.69, 9.17) is 30.7 Å². The standard InChI is InChI=1S/C13H20N2O2.C10H14N5O7P/c1-3-15(4-2)9-10-17-13(16)11-5-7-12(14)8-6-11;11-8-5-9(13-2-12-8)15(3-14-5)10-7(17)6(16)4(22-10)1-21-23(18,19)20/h5-8H,3-4,9-10,14H2,1-2H3;2-4,6-7,10,16-17H,1H2,(H2,11,12,13)(H2,18,19,20)/t;4-,6-,7-,10-/m.1/s1. The number of carbonyl (C=O) groups excluding carboxylic acids is 1. The van der Waals surface area contributed by atoms with E-state index in [0.717, 1.165) is 19.6 Å². The number of aromatic nitrogens is 4. The molecule has 0 amide bonds. The number of anilines is 2. The number of nitrogens with zero attached hydrogens (tertiary/aromatic N) is 5. The molecule has 1 saturated heterocycles. The number of phosphoric acid groups is 1. The van der Waals surface area contributed by atoms with Crippen LogP contribution in [0, 0.1) is 0 Å². The summed E-state index contributed by atoms with van der Waals surface area (Å²) in [6.45, 7) is 6.71. The molecule has 1 aliphatic rings. The van der Waals surface area contributed by atoms with Gasteiger partial charge in [-0.15, -0.1) is 0 Å². The number of nitrogen functional groups attached to an aromatic ring is 2. The maximum absolute atomic E-state index is 11.6. The Hall–Kier alpha value is -3.21. The summed E-state index contributed by atoms with van der Waals surface area (Å²) < 4.78 is 27.0.